The van der Waals surface area contributed by atoms with Gasteiger partial charge in [0, 0.05) is 18.8 Å². The zero-order valence-corrected chi connectivity index (χ0v) is 11.3. The summed E-state index contributed by atoms with van der Waals surface area (Å²) in [6, 6.07) is 4.34. The molecule has 3 rings (SSSR count). The van der Waals surface area contributed by atoms with E-state index in [1.165, 1.54) is 32.8 Å². The number of pyridine rings is 1. The first-order valence-electron chi connectivity index (χ1n) is 7.03. The van der Waals surface area contributed by atoms with Crippen LogP contribution in [0.5, 0.6) is 0 Å². The van der Waals surface area contributed by atoms with Crippen molar-refractivity contribution in [3.8, 4) is 0 Å². The third-order valence-corrected chi connectivity index (χ3v) is 4.53. The van der Waals surface area contributed by atoms with Crippen LogP contribution in [0.25, 0.3) is 0 Å². The molecule has 2 fully saturated rings. The van der Waals surface area contributed by atoms with Crippen molar-refractivity contribution in [2.24, 2.45) is 11.8 Å². The molecule has 0 spiro atoms. The van der Waals surface area contributed by atoms with Crippen molar-refractivity contribution < 1.29 is 9.53 Å². The Bertz CT molecular complexity index is 458. The summed E-state index contributed by atoms with van der Waals surface area (Å²) in [7, 11) is 1.38. The number of ether oxygens (including phenoxy) is 1. The van der Waals surface area contributed by atoms with Crippen molar-refractivity contribution in [1.29, 1.82) is 0 Å². The fourth-order valence-electron chi connectivity index (χ4n) is 3.50. The van der Waals surface area contributed by atoms with Gasteiger partial charge in [-0.25, -0.2) is 4.79 Å². The quantitative estimate of drug-likeness (QED) is 0.843. The smallest absolute Gasteiger partial charge is 0.339 e. The van der Waals surface area contributed by atoms with Gasteiger partial charge in [0.05, 0.1) is 18.4 Å². The number of hydrogen-bond donors (Lipinski definition) is 1. The van der Waals surface area contributed by atoms with E-state index >= 15 is 0 Å². The molecular weight excluding hydrogens is 240 g/mol. The molecule has 1 aromatic rings. The molecule has 0 radical (unpaired) electrons. The second-order valence-electron chi connectivity index (χ2n) is 5.69. The molecule has 0 saturated heterocycles. The molecule has 0 aliphatic heterocycles. The lowest BCUT2D eigenvalue weighted by atomic mass is 9.95. The molecule has 2 aliphatic carbocycles. The fourth-order valence-corrected chi connectivity index (χ4v) is 3.50. The number of carbonyl (C=O) groups excluding carboxylic acids is 1. The average molecular weight is 260 g/mol. The van der Waals surface area contributed by atoms with E-state index in [0.717, 1.165) is 24.1 Å². The molecule has 3 atom stereocenters. The van der Waals surface area contributed by atoms with Crippen molar-refractivity contribution in [3.63, 3.8) is 0 Å². The van der Waals surface area contributed by atoms with Gasteiger partial charge in [0.15, 0.2) is 0 Å². The van der Waals surface area contributed by atoms with E-state index in [4.69, 9.17) is 0 Å². The first-order chi connectivity index (χ1) is 9.26. The maximum absolute atomic E-state index is 11.3. The molecule has 0 aromatic carbocycles. The maximum Gasteiger partial charge on any atom is 0.339 e. The van der Waals surface area contributed by atoms with Crippen LogP contribution in [0.15, 0.2) is 18.3 Å². The van der Waals surface area contributed by atoms with E-state index < -0.39 is 0 Å². The minimum atomic E-state index is -0.333. The number of aromatic nitrogens is 1. The highest BCUT2D eigenvalue weighted by Gasteiger charge is 2.38. The largest absolute Gasteiger partial charge is 0.465 e. The lowest BCUT2D eigenvalue weighted by Crippen LogP contribution is -2.33. The van der Waals surface area contributed by atoms with Gasteiger partial charge in [-0.2, -0.15) is 0 Å². The molecule has 102 valence electrons. The Morgan fingerprint density at radius 2 is 2.32 bits per heavy atom. The number of carbonyl (C=O) groups is 1. The molecule has 2 bridgehead atoms. The lowest BCUT2D eigenvalue weighted by Gasteiger charge is -2.22. The molecule has 4 nitrogen and oxygen atoms in total. The molecule has 1 aromatic heterocycles. The number of fused-ring (bicyclic) bond motifs is 2. The molecule has 2 aliphatic rings. The van der Waals surface area contributed by atoms with Crippen LogP contribution in [-0.2, 0) is 11.3 Å². The Balaban J connectivity index is 1.54. The zero-order chi connectivity index (χ0) is 13.2. The van der Waals surface area contributed by atoms with Gasteiger partial charge in [-0.05, 0) is 43.2 Å². The van der Waals surface area contributed by atoms with Crippen LogP contribution in [0.1, 0.15) is 41.7 Å². The van der Waals surface area contributed by atoms with Gasteiger partial charge < -0.3 is 10.1 Å². The van der Waals surface area contributed by atoms with E-state index in [9.17, 15) is 4.79 Å². The number of hydrogen-bond acceptors (Lipinski definition) is 4. The SMILES string of the molecule is COC(=O)c1ccc(CNC2CC3CCC2C3)nc1. The highest BCUT2D eigenvalue weighted by atomic mass is 16.5. The Hall–Kier alpha value is -1.42. The summed E-state index contributed by atoms with van der Waals surface area (Å²) in [6.45, 7) is 0.787. The Morgan fingerprint density at radius 3 is 2.89 bits per heavy atom. The average Bonchev–Trinajstić information content (AvgIpc) is 3.07. The monoisotopic (exact) mass is 260 g/mol. The predicted molar refractivity (Wildman–Crippen MR) is 71.7 cm³/mol. The number of nitrogens with one attached hydrogen (secondary N) is 1. The van der Waals surface area contributed by atoms with E-state index in [2.05, 4.69) is 15.0 Å². The fraction of sp³-hybridized carbons (Fsp3) is 0.600. The number of nitrogens with zero attached hydrogens (tertiary/aromatic N) is 1. The number of esters is 1. The summed E-state index contributed by atoms with van der Waals surface area (Å²) in [5, 5.41) is 3.61. The summed E-state index contributed by atoms with van der Waals surface area (Å²) >= 11 is 0. The van der Waals surface area contributed by atoms with E-state index in [1.54, 1.807) is 12.3 Å². The molecule has 3 unspecified atom stereocenters. The second-order valence-corrected chi connectivity index (χ2v) is 5.69. The number of rotatable bonds is 4. The minimum absolute atomic E-state index is 0.333. The summed E-state index contributed by atoms with van der Waals surface area (Å²) in [4.78, 5) is 15.6. The molecule has 1 heterocycles. The van der Waals surface area contributed by atoms with Gasteiger partial charge in [0.25, 0.3) is 0 Å². The van der Waals surface area contributed by atoms with Gasteiger partial charge in [0.1, 0.15) is 0 Å². The van der Waals surface area contributed by atoms with Crippen LogP contribution in [0.3, 0.4) is 0 Å². The Morgan fingerprint density at radius 1 is 1.42 bits per heavy atom. The van der Waals surface area contributed by atoms with Crippen LogP contribution in [0.4, 0.5) is 0 Å². The van der Waals surface area contributed by atoms with Gasteiger partial charge in [-0.15, -0.1) is 0 Å². The third kappa shape index (κ3) is 2.63. The zero-order valence-electron chi connectivity index (χ0n) is 11.3. The molecular formula is C15H20N2O2. The van der Waals surface area contributed by atoms with Gasteiger partial charge in [-0.1, -0.05) is 6.42 Å². The summed E-state index contributed by atoms with van der Waals surface area (Å²) in [5.41, 5.74) is 1.49. The molecule has 19 heavy (non-hydrogen) atoms. The van der Waals surface area contributed by atoms with Gasteiger partial charge in [-0.3, -0.25) is 4.98 Å². The topological polar surface area (TPSA) is 51.2 Å². The normalized spacial score (nSPS) is 28.6. The molecule has 0 amide bonds. The van der Waals surface area contributed by atoms with Crippen LogP contribution in [-0.4, -0.2) is 24.1 Å². The van der Waals surface area contributed by atoms with Crippen LogP contribution < -0.4 is 5.32 Å². The van der Waals surface area contributed by atoms with E-state index in [0.29, 0.717) is 11.6 Å². The van der Waals surface area contributed by atoms with Gasteiger partial charge >= 0.3 is 5.97 Å². The molecule has 2 saturated carbocycles. The van der Waals surface area contributed by atoms with Crippen molar-refractivity contribution in [2.75, 3.05) is 7.11 Å². The van der Waals surface area contributed by atoms with Crippen LogP contribution >= 0.6 is 0 Å². The summed E-state index contributed by atoms with van der Waals surface area (Å²) in [6.07, 6.45) is 7.13. The highest BCUT2D eigenvalue weighted by Crippen LogP contribution is 2.44. The van der Waals surface area contributed by atoms with Crippen LogP contribution in [0, 0.1) is 11.8 Å². The first-order valence-corrected chi connectivity index (χ1v) is 7.03. The van der Waals surface area contributed by atoms with Gasteiger partial charge in [0.2, 0.25) is 0 Å². The van der Waals surface area contributed by atoms with E-state index in [-0.39, 0.29) is 5.97 Å². The standard InChI is InChI=1S/C15H20N2O2/c1-19-15(18)12-4-5-13(16-8-12)9-17-14-7-10-2-3-11(14)6-10/h4-5,8,10-11,14,17H,2-3,6-7,9H2,1H3. The summed E-state index contributed by atoms with van der Waals surface area (Å²) in [5.74, 6) is 1.50. The predicted octanol–water partition coefficient (Wildman–Crippen LogP) is 2.15. The van der Waals surface area contributed by atoms with Crippen molar-refractivity contribution >= 4 is 5.97 Å². The lowest BCUT2D eigenvalue weighted by molar-refractivity contribution is 0.0600. The minimum Gasteiger partial charge on any atom is -0.465 e. The van der Waals surface area contributed by atoms with Crippen molar-refractivity contribution in [3.05, 3.63) is 29.6 Å². The van der Waals surface area contributed by atoms with Crippen LogP contribution in [0.2, 0.25) is 0 Å². The Labute approximate surface area is 113 Å². The highest BCUT2D eigenvalue weighted by molar-refractivity contribution is 5.88. The van der Waals surface area contributed by atoms with Crippen molar-refractivity contribution in [2.45, 2.75) is 38.3 Å². The third-order valence-electron chi connectivity index (χ3n) is 4.53. The second kappa shape index (κ2) is 5.29. The Kier molecular flexibility index (Phi) is 3.51. The number of methoxy groups -OCH3 is 1. The molecule has 4 heteroatoms. The van der Waals surface area contributed by atoms with Crippen molar-refractivity contribution in [1.82, 2.24) is 10.3 Å². The first kappa shape index (κ1) is 12.6. The summed E-state index contributed by atoms with van der Waals surface area (Å²) < 4.78 is 4.66. The maximum atomic E-state index is 11.3. The molecule has 1 N–H and O–H groups in total. The van der Waals surface area contributed by atoms with E-state index in [1.807, 2.05) is 6.07 Å².